The van der Waals surface area contributed by atoms with Gasteiger partial charge in [-0.2, -0.15) is 0 Å². The number of carbonyl (C=O) groups excluding carboxylic acids is 2. The summed E-state index contributed by atoms with van der Waals surface area (Å²) in [5.41, 5.74) is 14.2. The van der Waals surface area contributed by atoms with Gasteiger partial charge >= 0.3 is 17.9 Å². The van der Waals surface area contributed by atoms with E-state index in [9.17, 15) is 19.5 Å². The molecular formula is C32H36N2O8. The first-order chi connectivity index (χ1) is 20.3. The molecule has 0 spiro atoms. The van der Waals surface area contributed by atoms with Gasteiger partial charge in [-0.15, -0.1) is 0 Å². The van der Waals surface area contributed by atoms with Crippen molar-refractivity contribution < 1.29 is 38.4 Å². The maximum absolute atomic E-state index is 12.4. The first-order valence-corrected chi connectivity index (χ1v) is 13.6. The van der Waals surface area contributed by atoms with Gasteiger partial charge in [0.25, 0.3) is 0 Å². The number of benzene rings is 3. The summed E-state index contributed by atoms with van der Waals surface area (Å²) in [5, 5.41) is 9.38. The fourth-order valence-electron chi connectivity index (χ4n) is 4.07. The van der Waals surface area contributed by atoms with Crippen LogP contribution in [0, 0.1) is 0 Å². The van der Waals surface area contributed by atoms with E-state index in [1.807, 2.05) is 0 Å². The highest BCUT2D eigenvalue weighted by Gasteiger charge is 2.14. The van der Waals surface area contributed by atoms with Crippen LogP contribution < -0.4 is 20.9 Å². The molecule has 0 saturated heterocycles. The van der Waals surface area contributed by atoms with Gasteiger partial charge < -0.3 is 35.5 Å². The van der Waals surface area contributed by atoms with Gasteiger partial charge in [0.15, 0.2) is 0 Å². The van der Waals surface area contributed by atoms with Crippen molar-refractivity contribution in [2.75, 3.05) is 38.4 Å². The van der Waals surface area contributed by atoms with E-state index >= 15 is 0 Å². The number of hydrogen-bond acceptors (Lipinski definition) is 9. The van der Waals surface area contributed by atoms with Crippen LogP contribution in [0.4, 0.5) is 11.4 Å². The van der Waals surface area contributed by atoms with Crippen molar-refractivity contribution in [2.45, 2.75) is 32.1 Å². The molecule has 0 aliphatic carbocycles. The highest BCUT2D eigenvalue weighted by atomic mass is 16.5. The molecule has 0 amide bonds. The van der Waals surface area contributed by atoms with Gasteiger partial charge in [-0.05, 0) is 85.0 Å². The van der Waals surface area contributed by atoms with Crippen LogP contribution in [0.15, 0.2) is 66.7 Å². The summed E-state index contributed by atoms with van der Waals surface area (Å²) in [4.78, 5) is 35.9. The van der Waals surface area contributed by atoms with E-state index in [2.05, 4.69) is 0 Å². The molecule has 3 aromatic rings. The molecule has 0 aliphatic heterocycles. The molecule has 0 saturated carbocycles. The van der Waals surface area contributed by atoms with Crippen LogP contribution in [-0.2, 0) is 20.7 Å². The summed E-state index contributed by atoms with van der Waals surface area (Å²) in [6.45, 7) is 1.17. The molecule has 42 heavy (non-hydrogen) atoms. The van der Waals surface area contributed by atoms with Crippen LogP contribution in [0.2, 0.25) is 0 Å². The van der Waals surface area contributed by atoms with Crippen molar-refractivity contribution in [3.05, 3.63) is 89.0 Å². The van der Waals surface area contributed by atoms with Gasteiger partial charge in [0.2, 0.25) is 0 Å². The number of unbranched alkanes of at least 4 members (excludes halogenated alkanes) is 3. The largest absolute Gasteiger partial charge is 0.491 e. The Bertz CT molecular complexity index is 1370. The van der Waals surface area contributed by atoms with Gasteiger partial charge in [0.05, 0.1) is 24.3 Å². The van der Waals surface area contributed by atoms with Crippen molar-refractivity contribution in [3.63, 3.8) is 0 Å². The zero-order valence-electron chi connectivity index (χ0n) is 23.5. The summed E-state index contributed by atoms with van der Waals surface area (Å²) in [6, 6.07) is 16.4. The minimum absolute atomic E-state index is 0.134. The number of methoxy groups -OCH3 is 1. The molecule has 3 aromatic carbocycles. The molecule has 5 N–H and O–H groups in total. The lowest BCUT2D eigenvalue weighted by atomic mass is 9.98. The third-order valence-corrected chi connectivity index (χ3v) is 6.25. The Kier molecular flexibility index (Phi) is 12.4. The average molecular weight is 577 g/mol. The Morgan fingerprint density at radius 3 is 2.21 bits per heavy atom. The van der Waals surface area contributed by atoms with Crippen LogP contribution in [0.25, 0.3) is 6.08 Å². The van der Waals surface area contributed by atoms with Gasteiger partial charge in [-0.1, -0.05) is 25.0 Å². The SMILES string of the molecule is COCCOc1ccc(C(=O)Oc2ccc(C=CC(=O)OCCCCCCc3c(N)cc(N)cc3C(=O)O)cc2)cc1. The fraction of sp³-hybridized carbons (Fsp3) is 0.281. The van der Waals surface area contributed by atoms with E-state index in [4.69, 9.17) is 30.4 Å². The number of carboxylic acids is 1. The number of carbonyl (C=O) groups is 3. The molecule has 0 fully saturated rings. The number of anilines is 2. The lowest BCUT2D eigenvalue weighted by molar-refractivity contribution is -0.137. The molecule has 0 bridgehead atoms. The number of aromatic carboxylic acids is 1. The van der Waals surface area contributed by atoms with Crippen LogP contribution in [0.5, 0.6) is 11.5 Å². The fourth-order valence-corrected chi connectivity index (χ4v) is 4.07. The summed E-state index contributed by atoms with van der Waals surface area (Å²) >= 11 is 0. The van der Waals surface area contributed by atoms with E-state index in [1.54, 1.807) is 67.8 Å². The molecule has 10 heteroatoms. The normalized spacial score (nSPS) is 10.9. The first kappa shape index (κ1) is 31.7. The molecule has 3 rings (SSSR count). The van der Waals surface area contributed by atoms with Crippen LogP contribution in [-0.4, -0.2) is 49.9 Å². The van der Waals surface area contributed by atoms with Crippen LogP contribution >= 0.6 is 0 Å². The first-order valence-electron chi connectivity index (χ1n) is 13.6. The zero-order valence-corrected chi connectivity index (χ0v) is 23.5. The maximum atomic E-state index is 12.4. The standard InChI is InChI=1S/C32H36N2O8/c1-39-18-19-40-25-14-10-23(11-15-25)32(38)42-26-12-7-22(8-13-26)9-16-30(35)41-17-5-3-2-4-6-27-28(31(36)37)20-24(33)21-29(27)34/h7-16,20-21H,2-6,17-19,33-34H2,1H3,(H,36,37). The second-order valence-corrected chi connectivity index (χ2v) is 9.43. The second kappa shape index (κ2) is 16.4. The number of carboxylic acid groups (broad SMARTS) is 1. The Morgan fingerprint density at radius 2 is 1.52 bits per heavy atom. The molecule has 0 unspecified atom stereocenters. The molecule has 0 aromatic heterocycles. The highest BCUT2D eigenvalue weighted by Crippen LogP contribution is 2.24. The maximum Gasteiger partial charge on any atom is 0.343 e. The Balaban J connectivity index is 1.34. The Hall–Kier alpha value is -4.83. The van der Waals surface area contributed by atoms with E-state index in [-0.39, 0.29) is 12.2 Å². The van der Waals surface area contributed by atoms with Gasteiger partial charge in [0, 0.05) is 24.6 Å². The van der Waals surface area contributed by atoms with E-state index < -0.39 is 17.9 Å². The van der Waals surface area contributed by atoms with Gasteiger partial charge in [0.1, 0.15) is 18.1 Å². The molecule has 222 valence electrons. The lowest BCUT2D eigenvalue weighted by Gasteiger charge is -2.11. The van der Waals surface area contributed by atoms with Crippen molar-refractivity contribution >= 4 is 35.4 Å². The number of rotatable bonds is 16. The minimum Gasteiger partial charge on any atom is -0.491 e. The average Bonchev–Trinajstić information content (AvgIpc) is 2.97. The molecule has 0 heterocycles. The number of ether oxygens (including phenoxy) is 4. The molecule has 10 nitrogen and oxygen atoms in total. The third kappa shape index (κ3) is 10.3. The summed E-state index contributed by atoms with van der Waals surface area (Å²) < 4.78 is 21.1. The third-order valence-electron chi connectivity index (χ3n) is 6.25. The summed E-state index contributed by atoms with van der Waals surface area (Å²) in [5.74, 6) is -0.998. The summed E-state index contributed by atoms with van der Waals surface area (Å²) in [7, 11) is 1.59. The monoisotopic (exact) mass is 576 g/mol. The topological polar surface area (TPSA) is 160 Å². The Morgan fingerprint density at radius 1 is 0.833 bits per heavy atom. The minimum atomic E-state index is -1.05. The molecule has 0 aliphatic rings. The quantitative estimate of drug-likeness (QED) is 0.0683. The Labute approximate surface area is 244 Å². The lowest BCUT2D eigenvalue weighted by Crippen LogP contribution is -2.09. The smallest absolute Gasteiger partial charge is 0.343 e. The van der Waals surface area contributed by atoms with Crippen LogP contribution in [0.3, 0.4) is 0 Å². The molecule has 0 atom stereocenters. The zero-order chi connectivity index (χ0) is 30.3. The molecular weight excluding hydrogens is 540 g/mol. The molecule has 0 radical (unpaired) electrons. The van der Waals surface area contributed by atoms with Crippen molar-refractivity contribution in [2.24, 2.45) is 0 Å². The van der Waals surface area contributed by atoms with E-state index in [1.165, 1.54) is 12.1 Å². The van der Waals surface area contributed by atoms with E-state index in [0.717, 1.165) is 24.8 Å². The summed E-state index contributed by atoms with van der Waals surface area (Å²) in [6.07, 6.45) is 6.59. The van der Waals surface area contributed by atoms with Crippen molar-refractivity contribution in [1.82, 2.24) is 0 Å². The predicted molar refractivity (Wildman–Crippen MR) is 160 cm³/mol. The van der Waals surface area contributed by atoms with Crippen LogP contribution in [0.1, 0.15) is 57.5 Å². The number of esters is 2. The highest BCUT2D eigenvalue weighted by molar-refractivity contribution is 5.93. The van der Waals surface area contributed by atoms with Crippen molar-refractivity contribution in [3.8, 4) is 11.5 Å². The van der Waals surface area contributed by atoms with E-state index in [0.29, 0.717) is 60.1 Å². The number of nitrogen functional groups attached to an aromatic ring is 2. The number of nitrogens with two attached hydrogens (primary N) is 2. The van der Waals surface area contributed by atoms with Crippen molar-refractivity contribution in [1.29, 1.82) is 0 Å². The van der Waals surface area contributed by atoms with Gasteiger partial charge in [-0.25, -0.2) is 14.4 Å². The predicted octanol–water partition coefficient (Wildman–Crippen LogP) is 5.15. The van der Waals surface area contributed by atoms with Gasteiger partial charge in [-0.3, -0.25) is 0 Å². The number of hydrogen-bond donors (Lipinski definition) is 3. The second-order valence-electron chi connectivity index (χ2n) is 9.43.